The molecule has 4 heterocycles. The van der Waals surface area contributed by atoms with Gasteiger partial charge in [-0.25, -0.2) is 9.67 Å². The Labute approximate surface area is 164 Å². The van der Waals surface area contributed by atoms with Crippen LogP contribution >= 0.6 is 22.6 Å². The maximum absolute atomic E-state index is 6.12. The maximum atomic E-state index is 6.12. The van der Waals surface area contributed by atoms with E-state index in [-0.39, 0.29) is 0 Å². The molecule has 0 atom stereocenters. The van der Waals surface area contributed by atoms with Crippen LogP contribution in [0.25, 0.3) is 0 Å². The fourth-order valence-corrected chi connectivity index (χ4v) is 3.41. The topological polar surface area (TPSA) is 79.0 Å². The van der Waals surface area contributed by atoms with E-state index in [1.807, 2.05) is 36.1 Å². The van der Waals surface area contributed by atoms with E-state index in [1.54, 1.807) is 17.1 Å². The molecular formula is C17H19IN6O2. The van der Waals surface area contributed by atoms with Gasteiger partial charge in [0.05, 0.1) is 17.9 Å². The second-order valence-corrected chi connectivity index (χ2v) is 7.21. The van der Waals surface area contributed by atoms with E-state index in [1.165, 1.54) is 0 Å². The summed E-state index contributed by atoms with van der Waals surface area (Å²) in [6, 6.07) is 5.95. The van der Waals surface area contributed by atoms with E-state index in [9.17, 15) is 0 Å². The summed E-state index contributed by atoms with van der Waals surface area (Å²) in [5.41, 5.74) is 0.874. The van der Waals surface area contributed by atoms with Crippen LogP contribution in [0.15, 0.2) is 36.8 Å². The second-order valence-electron chi connectivity index (χ2n) is 6.10. The average Bonchev–Trinajstić information content (AvgIpc) is 3.21. The van der Waals surface area contributed by atoms with E-state index in [0.717, 1.165) is 41.3 Å². The van der Waals surface area contributed by atoms with Crippen molar-refractivity contribution in [3.05, 3.63) is 40.5 Å². The quantitative estimate of drug-likeness (QED) is 0.580. The number of nitrogens with one attached hydrogen (secondary N) is 1. The Morgan fingerprint density at radius 1 is 1.31 bits per heavy atom. The van der Waals surface area contributed by atoms with Crippen molar-refractivity contribution >= 4 is 34.1 Å². The van der Waals surface area contributed by atoms with Crippen molar-refractivity contribution in [2.45, 2.75) is 18.9 Å². The molecule has 1 aliphatic rings. The molecule has 26 heavy (non-hydrogen) atoms. The van der Waals surface area contributed by atoms with Gasteiger partial charge in [-0.2, -0.15) is 10.2 Å². The van der Waals surface area contributed by atoms with Crippen molar-refractivity contribution < 1.29 is 9.47 Å². The Morgan fingerprint density at radius 2 is 2.15 bits per heavy atom. The van der Waals surface area contributed by atoms with E-state index >= 15 is 0 Å². The summed E-state index contributed by atoms with van der Waals surface area (Å²) in [6.45, 7) is 1.52. The molecule has 0 spiro atoms. The number of pyridine rings is 1. The summed E-state index contributed by atoms with van der Waals surface area (Å²) in [4.78, 5) is 4.33. The average molecular weight is 466 g/mol. The van der Waals surface area contributed by atoms with Gasteiger partial charge in [0, 0.05) is 44.8 Å². The molecule has 0 saturated carbocycles. The summed E-state index contributed by atoms with van der Waals surface area (Å²) < 4.78 is 16.2. The van der Waals surface area contributed by atoms with E-state index in [0.29, 0.717) is 17.6 Å². The molecule has 1 aliphatic heterocycles. The van der Waals surface area contributed by atoms with Crippen molar-refractivity contribution in [1.82, 2.24) is 24.5 Å². The highest BCUT2D eigenvalue weighted by atomic mass is 127. The Hall–Kier alpha value is -2.14. The zero-order valence-corrected chi connectivity index (χ0v) is 16.5. The minimum absolute atomic E-state index is 0.303. The normalized spacial score (nSPS) is 15.2. The highest BCUT2D eigenvalue weighted by Gasteiger charge is 2.21. The highest BCUT2D eigenvalue weighted by Crippen LogP contribution is 2.31. The third kappa shape index (κ3) is 3.98. The van der Waals surface area contributed by atoms with E-state index in [4.69, 9.17) is 9.47 Å². The first-order valence-corrected chi connectivity index (χ1v) is 9.47. The Balaban J connectivity index is 1.53. The predicted molar refractivity (Wildman–Crippen MR) is 105 cm³/mol. The van der Waals surface area contributed by atoms with E-state index < -0.39 is 0 Å². The molecule has 1 saturated heterocycles. The van der Waals surface area contributed by atoms with Gasteiger partial charge >= 0.3 is 0 Å². The third-order valence-electron chi connectivity index (χ3n) is 4.14. The largest absolute Gasteiger partial charge is 0.439 e. The monoisotopic (exact) mass is 466 g/mol. The van der Waals surface area contributed by atoms with Crippen LogP contribution in [-0.4, -0.2) is 37.8 Å². The van der Waals surface area contributed by atoms with Crippen LogP contribution < -0.4 is 10.1 Å². The van der Waals surface area contributed by atoms with Crippen molar-refractivity contribution in [3.63, 3.8) is 0 Å². The molecule has 1 fully saturated rings. The minimum atomic E-state index is 0.303. The SMILES string of the molecule is Cn1cc(Nc2cc(Oc3cc(I)nn3C3CCOCC3)ccn2)cn1. The number of halogens is 1. The number of rotatable bonds is 5. The van der Waals surface area contributed by atoms with Gasteiger partial charge in [0.25, 0.3) is 0 Å². The molecule has 8 nitrogen and oxygen atoms in total. The lowest BCUT2D eigenvalue weighted by Crippen LogP contribution is -2.21. The molecule has 4 rings (SSSR count). The molecule has 0 aliphatic carbocycles. The van der Waals surface area contributed by atoms with Gasteiger partial charge in [-0.1, -0.05) is 0 Å². The third-order valence-corrected chi connectivity index (χ3v) is 4.67. The van der Waals surface area contributed by atoms with Crippen molar-refractivity contribution in [3.8, 4) is 11.6 Å². The molecule has 0 amide bonds. The van der Waals surface area contributed by atoms with Gasteiger partial charge in [0.1, 0.15) is 15.3 Å². The Morgan fingerprint density at radius 3 is 2.92 bits per heavy atom. The van der Waals surface area contributed by atoms with Crippen molar-refractivity contribution in [1.29, 1.82) is 0 Å². The van der Waals surface area contributed by atoms with Crippen LogP contribution in [0.2, 0.25) is 0 Å². The summed E-state index contributed by atoms with van der Waals surface area (Å²) in [5, 5.41) is 12.0. The fourth-order valence-electron chi connectivity index (χ4n) is 2.91. The van der Waals surface area contributed by atoms with Gasteiger partial charge in [0.15, 0.2) is 0 Å². The van der Waals surface area contributed by atoms with Crippen LogP contribution in [0, 0.1) is 3.70 Å². The number of anilines is 2. The first-order chi connectivity index (χ1) is 12.7. The summed E-state index contributed by atoms with van der Waals surface area (Å²) in [7, 11) is 1.87. The van der Waals surface area contributed by atoms with E-state index in [2.05, 4.69) is 43.1 Å². The number of hydrogen-bond donors (Lipinski definition) is 1. The lowest BCUT2D eigenvalue weighted by atomic mass is 10.1. The van der Waals surface area contributed by atoms with Crippen LogP contribution in [-0.2, 0) is 11.8 Å². The van der Waals surface area contributed by atoms with Crippen LogP contribution in [0.3, 0.4) is 0 Å². The molecule has 136 valence electrons. The van der Waals surface area contributed by atoms with Crippen molar-refractivity contribution in [2.24, 2.45) is 7.05 Å². The zero-order valence-electron chi connectivity index (χ0n) is 14.3. The van der Waals surface area contributed by atoms with Crippen LogP contribution in [0.4, 0.5) is 11.5 Å². The molecule has 3 aromatic heterocycles. The molecular weight excluding hydrogens is 447 g/mol. The van der Waals surface area contributed by atoms with Crippen LogP contribution in [0.1, 0.15) is 18.9 Å². The summed E-state index contributed by atoms with van der Waals surface area (Å²) in [5.74, 6) is 2.14. The first kappa shape index (κ1) is 17.3. The number of hydrogen-bond acceptors (Lipinski definition) is 6. The molecule has 1 N–H and O–H groups in total. The standard InChI is InChI=1S/C17H19IN6O2/c1-23-11-12(10-20-23)21-16-8-14(2-5-19-16)26-17-9-15(18)22-24(17)13-3-6-25-7-4-13/h2,5,8-11,13H,3-4,6-7H2,1H3,(H,19,21). The molecule has 0 radical (unpaired) electrons. The second kappa shape index (κ2) is 7.62. The number of aryl methyl sites for hydroxylation is 1. The predicted octanol–water partition coefficient (Wildman–Crippen LogP) is 3.50. The van der Waals surface area contributed by atoms with Gasteiger partial charge < -0.3 is 14.8 Å². The number of nitrogens with zero attached hydrogens (tertiary/aromatic N) is 5. The minimum Gasteiger partial charge on any atom is -0.439 e. The first-order valence-electron chi connectivity index (χ1n) is 8.40. The van der Waals surface area contributed by atoms with Crippen LogP contribution in [0.5, 0.6) is 11.6 Å². The van der Waals surface area contributed by atoms with Gasteiger partial charge in [0.2, 0.25) is 5.88 Å². The molecule has 0 unspecified atom stereocenters. The van der Waals surface area contributed by atoms with Gasteiger partial charge in [-0.3, -0.25) is 4.68 Å². The Bertz CT molecular complexity index is 887. The van der Waals surface area contributed by atoms with Gasteiger partial charge in [-0.05, 0) is 41.5 Å². The number of ether oxygens (including phenoxy) is 2. The summed E-state index contributed by atoms with van der Waals surface area (Å²) >= 11 is 2.21. The molecule has 0 bridgehead atoms. The highest BCUT2D eigenvalue weighted by molar-refractivity contribution is 14.1. The lowest BCUT2D eigenvalue weighted by Gasteiger charge is -2.23. The Kier molecular flexibility index (Phi) is 5.07. The number of aromatic nitrogens is 5. The van der Waals surface area contributed by atoms with Gasteiger partial charge in [-0.15, -0.1) is 0 Å². The van der Waals surface area contributed by atoms with Crippen molar-refractivity contribution in [2.75, 3.05) is 18.5 Å². The summed E-state index contributed by atoms with van der Waals surface area (Å²) in [6.07, 6.45) is 7.24. The molecule has 3 aromatic rings. The lowest BCUT2D eigenvalue weighted by molar-refractivity contribution is 0.0642. The maximum Gasteiger partial charge on any atom is 0.219 e. The zero-order chi connectivity index (χ0) is 17.9. The molecule has 0 aromatic carbocycles. The fraction of sp³-hybridized carbons (Fsp3) is 0.353. The molecule has 9 heteroatoms. The smallest absolute Gasteiger partial charge is 0.219 e.